The SMILES string of the molecule is Cc1ccc(C(CN)N2CCCC(C)C2C)cc1Cl. The minimum absolute atomic E-state index is 0.288. The van der Waals surface area contributed by atoms with Crippen molar-refractivity contribution in [3.8, 4) is 0 Å². The molecule has 0 spiro atoms. The Morgan fingerprint density at radius 1 is 1.42 bits per heavy atom. The Balaban J connectivity index is 2.25. The van der Waals surface area contributed by atoms with Gasteiger partial charge in [-0.05, 0) is 56.3 Å². The molecule has 1 aromatic carbocycles. The van der Waals surface area contributed by atoms with Crippen LogP contribution in [0, 0.1) is 12.8 Å². The van der Waals surface area contributed by atoms with E-state index in [9.17, 15) is 0 Å². The van der Waals surface area contributed by atoms with Crippen LogP contribution in [0.1, 0.15) is 43.9 Å². The molecule has 0 radical (unpaired) electrons. The molecule has 0 aromatic heterocycles. The normalized spacial score (nSPS) is 26.4. The van der Waals surface area contributed by atoms with Crippen LogP contribution in [0.4, 0.5) is 0 Å². The Morgan fingerprint density at radius 3 is 2.79 bits per heavy atom. The molecule has 0 amide bonds. The van der Waals surface area contributed by atoms with Crippen molar-refractivity contribution in [1.29, 1.82) is 0 Å². The Morgan fingerprint density at radius 2 is 2.16 bits per heavy atom. The highest BCUT2D eigenvalue weighted by atomic mass is 35.5. The molecule has 3 heteroatoms. The fourth-order valence-corrected chi connectivity index (χ4v) is 3.28. The van der Waals surface area contributed by atoms with Crippen LogP contribution in [-0.4, -0.2) is 24.0 Å². The first-order valence-corrected chi connectivity index (χ1v) is 7.64. The van der Waals surface area contributed by atoms with Gasteiger partial charge in [0.15, 0.2) is 0 Å². The number of benzene rings is 1. The molecule has 2 rings (SSSR count). The van der Waals surface area contributed by atoms with Crippen molar-refractivity contribution in [2.75, 3.05) is 13.1 Å². The van der Waals surface area contributed by atoms with Crippen molar-refractivity contribution >= 4 is 11.6 Å². The number of hydrogen-bond donors (Lipinski definition) is 1. The summed E-state index contributed by atoms with van der Waals surface area (Å²) in [5.74, 6) is 0.740. The van der Waals surface area contributed by atoms with Crippen LogP contribution in [0.5, 0.6) is 0 Å². The molecule has 1 heterocycles. The minimum Gasteiger partial charge on any atom is -0.329 e. The summed E-state index contributed by atoms with van der Waals surface area (Å²) in [7, 11) is 0. The molecule has 0 bridgehead atoms. The number of piperidine rings is 1. The number of likely N-dealkylation sites (tertiary alicyclic amines) is 1. The molecule has 0 saturated carbocycles. The predicted octanol–water partition coefficient (Wildman–Crippen LogP) is 3.77. The smallest absolute Gasteiger partial charge is 0.0473 e. The lowest BCUT2D eigenvalue weighted by molar-refractivity contribution is 0.0710. The van der Waals surface area contributed by atoms with Gasteiger partial charge in [0.25, 0.3) is 0 Å². The first-order chi connectivity index (χ1) is 9.04. The first kappa shape index (κ1) is 14.8. The number of halogens is 1. The Kier molecular flexibility index (Phi) is 4.88. The minimum atomic E-state index is 0.288. The van der Waals surface area contributed by atoms with E-state index in [1.165, 1.54) is 18.4 Å². The topological polar surface area (TPSA) is 29.3 Å². The second-order valence-corrected chi connectivity index (χ2v) is 6.27. The molecule has 106 valence electrons. The highest BCUT2D eigenvalue weighted by molar-refractivity contribution is 6.31. The van der Waals surface area contributed by atoms with Gasteiger partial charge in [0.2, 0.25) is 0 Å². The molecule has 1 aromatic rings. The summed E-state index contributed by atoms with van der Waals surface area (Å²) in [6.07, 6.45) is 2.59. The number of aryl methyl sites for hydroxylation is 1. The van der Waals surface area contributed by atoms with E-state index in [1.54, 1.807) is 0 Å². The molecule has 3 unspecified atom stereocenters. The molecule has 3 atom stereocenters. The van der Waals surface area contributed by atoms with Crippen LogP contribution in [0.3, 0.4) is 0 Å². The molecule has 19 heavy (non-hydrogen) atoms. The van der Waals surface area contributed by atoms with Crippen LogP contribution in [0.15, 0.2) is 18.2 Å². The quantitative estimate of drug-likeness (QED) is 0.913. The van der Waals surface area contributed by atoms with E-state index in [2.05, 4.69) is 36.9 Å². The van der Waals surface area contributed by atoms with Crippen LogP contribution < -0.4 is 5.73 Å². The summed E-state index contributed by atoms with van der Waals surface area (Å²) in [6, 6.07) is 7.22. The van der Waals surface area contributed by atoms with Gasteiger partial charge in [-0.3, -0.25) is 4.90 Å². The standard InChI is InChI=1S/C16H25ClN2/c1-11-5-4-8-19(13(11)3)16(10-18)14-7-6-12(2)15(17)9-14/h6-7,9,11,13,16H,4-5,8,10,18H2,1-3H3. The third-order valence-electron chi connectivity index (χ3n) is 4.63. The predicted molar refractivity (Wildman–Crippen MR) is 82.6 cm³/mol. The third-order valence-corrected chi connectivity index (χ3v) is 5.03. The Hall–Kier alpha value is -0.570. The summed E-state index contributed by atoms with van der Waals surface area (Å²) < 4.78 is 0. The second kappa shape index (κ2) is 6.25. The van der Waals surface area contributed by atoms with Gasteiger partial charge in [0, 0.05) is 23.7 Å². The van der Waals surface area contributed by atoms with Crippen LogP contribution in [0.2, 0.25) is 5.02 Å². The summed E-state index contributed by atoms with van der Waals surface area (Å²) in [4.78, 5) is 2.55. The van der Waals surface area contributed by atoms with Gasteiger partial charge in [-0.2, -0.15) is 0 Å². The molecular weight excluding hydrogens is 256 g/mol. The number of hydrogen-bond acceptors (Lipinski definition) is 2. The zero-order chi connectivity index (χ0) is 14.0. The Labute approximate surface area is 121 Å². The van der Waals surface area contributed by atoms with Crippen LogP contribution in [0.25, 0.3) is 0 Å². The maximum Gasteiger partial charge on any atom is 0.0473 e. The summed E-state index contributed by atoms with van der Waals surface area (Å²) in [5, 5.41) is 0.841. The molecule has 1 fully saturated rings. The number of nitrogens with two attached hydrogens (primary N) is 1. The highest BCUT2D eigenvalue weighted by Gasteiger charge is 2.30. The fraction of sp³-hybridized carbons (Fsp3) is 0.625. The first-order valence-electron chi connectivity index (χ1n) is 7.26. The highest BCUT2D eigenvalue weighted by Crippen LogP contribution is 2.32. The van der Waals surface area contributed by atoms with E-state index in [0.29, 0.717) is 12.6 Å². The molecule has 1 saturated heterocycles. The third kappa shape index (κ3) is 3.13. The van der Waals surface area contributed by atoms with E-state index in [0.717, 1.165) is 23.0 Å². The summed E-state index contributed by atoms with van der Waals surface area (Å²) in [5.41, 5.74) is 8.42. The monoisotopic (exact) mass is 280 g/mol. The van der Waals surface area contributed by atoms with E-state index < -0.39 is 0 Å². The molecule has 2 nitrogen and oxygen atoms in total. The van der Waals surface area contributed by atoms with E-state index in [4.69, 9.17) is 17.3 Å². The van der Waals surface area contributed by atoms with Crippen LogP contribution in [-0.2, 0) is 0 Å². The fourth-order valence-electron chi connectivity index (χ4n) is 3.09. The van der Waals surface area contributed by atoms with Gasteiger partial charge in [-0.25, -0.2) is 0 Å². The largest absolute Gasteiger partial charge is 0.329 e. The van der Waals surface area contributed by atoms with Crippen molar-refractivity contribution in [2.24, 2.45) is 11.7 Å². The summed E-state index contributed by atoms with van der Waals surface area (Å²) in [6.45, 7) is 8.49. The molecule has 1 aliphatic rings. The van der Waals surface area contributed by atoms with Gasteiger partial charge in [-0.15, -0.1) is 0 Å². The lowest BCUT2D eigenvalue weighted by Gasteiger charge is -2.42. The van der Waals surface area contributed by atoms with Crippen molar-refractivity contribution < 1.29 is 0 Å². The molecule has 2 N–H and O–H groups in total. The van der Waals surface area contributed by atoms with Crippen molar-refractivity contribution in [1.82, 2.24) is 4.90 Å². The van der Waals surface area contributed by atoms with Gasteiger partial charge < -0.3 is 5.73 Å². The Bertz CT molecular complexity index is 433. The van der Waals surface area contributed by atoms with E-state index >= 15 is 0 Å². The molecule has 0 aliphatic carbocycles. The van der Waals surface area contributed by atoms with Gasteiger partial charge in [0.05, 0.1) is 0 Å². The number of nitrogens with zero attached hydrogens (tertiary/aromatic N) is 1. The second-order valence-electron chi connectivity index (χ2n) is 5.86. The van der Waals surface area contributed by atoms with Gasteiger partial charge in [-0.1, -0.05) is 30.7 Å². The lowest BCUT2D eigenvalue weighted by Crippen LogP contribution is -2.46. The number of rotatable bonds is 3. The van der Waals surface area contributed by atoms with Gasteiger partial charge >= 0.3 is 0 Å². The van der Waals surface area contributed by atoms with Crippen molar-refractivity contribution in [3.05, 3.63) is 34.3 Å². The maximum atomic E-state index is 6.26. The zero-order valence-electron chi connectivity index (χ0n) is 12.2. The zero-order valence-corrected chi connectivity index (χ0v) is 13.0. The van der Waals surface area contributed by atoms with E-state index in [1.807, 2.05) is 6.92 Å². The molecular formula is C16H25ClN2. The molecule has 1 aliphatic heterocycles. The van der Waals surface area contributed by atoms with Crippen LogP contribution >= 0.6 is 11.6 Å². The average Bonchev–Trinajstić information content (AvgIpc) is 2.39. The lowest BCUT2D eigenvalue weighted by atomic mass is 9.89. The van der Waals surface area contributed by atoms with E-state index in [-0.39, 0.29) is 6.04 Å². The van der Waals surface area contributed by atoms with Crippen molar-refractivity contribution in [3.63, 3.8) is 0 Å². The van der Waals surface area contributed by atoms with Crippen molar-refractivity contribution in [2.45, 2.75) is 45.7 Å². The van der Waals surface area contributed by atoms with Gasteiger partial charge in [0.1, 0.15) is 0 Å². The summed E-state index contributed by atoms with van der Waals surface area (Å²) >= 11 is 6.26. The average molecular weight is 281 g/mol. The maximum absolute atomic E-state index is 6.26.